The van der Waals surface area contributed by atoms with E-state index < -0.39 is 0 Å². The monoisotopic (exact) mass is 314 g/mol. The Labute approximate surface area is 123 Å². The van der Waals surface area contributed by atoms with E-state index in [1.165, 1.54) is 11.3 Å². The predicted octanol–water partition coefficient (Wildman–Crippen LogP) is 2.93. The molecule has 2 amide bonds. The van der Waals surface area contributed by atoms with Crippen LogP contribution in [-0.2, 0) is 0 Å². The number of aromatic nitrogens is 2. The van der Waals surface area contributed by atoms with Gasteiger partial charge in [0.05, 0.1) is 0 Å². The van der Waals surface area contributed by atoms with Crippen molar-refractivity contribution in [2.75, 3.05) is 29.9 Å². The van der Waals surface area contributed by atoms with Gasteiger partial charge in [-0.25, -0.2) is 14.8 Å². The third-order valence-electron chi connectivity index (χ3n) is 2.73. The van der Waals surface area contributed by atoms with Crippen molar-refractivity contribution in [3.05, 3.63) is 17.3 Å². The molecular weight excluding hydrogens is 304 g/mol. The Kier molecular flexibility index (Phi) is 3.76. The Bertz CT molecular complexity index is 612. The molecular formula is C11H11ClN4OS2. The summed E-state index contributed by atoms with van der Waals surface area (Å²) < 4.78 is 0. The fraction of sp³-hybridized carbons (Fsp3) is 0.364. The molecule has 1 fully saturated rings. The van der Waals surface area contributed by atoms with Crippen LogP contribution in [0.5, 0.6) is 0 Å². The largest absolute Gasteiger partial charge is 0.323 e. The maximum Gasteiger partial charge on any atom is 0.323 e. The van der Waals surface area contributed by atoms with Crippen LogP contribution in [0.15, 0.2) is 12.1 Å². The molecule has 0 unspecified atom stereocenters. The zero-order valence-corrected chi connectivity index (χ0v) is 12.3. The van der Waals surface area contributed by atoms with Gasteiger partial charge in [-0.05, 0) is 12.1 Å². The van der Waals surface area contributed by atoms with Crippen molar-refractivity contribution >= 4 is 56.2 Å². The highest BCUT2D eigenvalue weighted by atomic mass is 35.5. The van der Waals surface area contributed by atoms with E-state index in [1.54, 1.807) is 12.1 Å². The number of halogens is 1. The fourth-order valence-corrected chi connectivity index (χ4v) is 3.71. The van der Waals surface area contributed by atoms with Crippen LogP contribution in [0.25, 0.3) is 10.3 Å². The van der Waals surface area contributed by atoms with Gasteiger partial charge in [0.2, 0.25) is 0 Å². The number of pyridine rings is 1. The number of anilines is 1. The number of carbonyl (C=O) groups is 1. The summed E-state index contributed by atoms with van der Waals surface area (Å²) in [6, 6.07) is 3.40. The molecule has 1 N–H and O–H groups in total. The molecule has 0 radical (unpaired) electrons. The van der Waals surface area contributed by atoms with Gasteiger partial charge in [-0.3, -0.25) is 5.32 Å². The van der Waals surface area contributed by atoms with Gasteiger partial charge in [-0.2, -0.15) is 11.8 Å². The lowest BCUT2D eigenvalue weighted by atomic mass is 10.5. The third kappa shape index (κ3) is 2.93. The number of carbonyl (C=O) groups excluding carboxylic acids is 1. The zero-order chi connectivity index (χ0) is 13.2. The van der Waals surface area contributed by atoms with Crippen LogP contribution in [0.4, 0.5) is 9.93 Å². The minimum Gasteiger partial charge on any atom is -0.323 e. The van der Waals surface area contributed by atoms with Gasteiger partial charge in [-0.1, -0.05) is 22.9 Å². The Balaban J connectivity index is 1.75. The second kappa shape index (κ2) is 5.52. The van der Waals surface area contributed by atoms with Gasteiger partial charge in [-0.15, -0.1) is 0 Å². The summed E-state index contributed by atoms with van der Waals surface area (Å²) >= 11 is 9.03. The molecule has 100 valence electrons. The predicted molar refractivity (Wildman–Crippen MR) is 80.3 cm³/mol. The number of thiazole rings is 1. The highest BCUT2D eigenvalue weighted by Gasteiger charge is 2.18. The number of urea groups is 1. The molecule has 1 saturated heterocycles. The van der Waals surface area contributed by atoms with Crippen molar-refractivity contribution in [1.82, 2.24) is 14.9 Å². The van der Waals surface area contributed by atoms with Gasteiger partial charge in [0.25, 0.3) is 0 Å². The molecule has 3 rings (SSSR count). The van der Waals surface area contributed by atoms with Crippen LogP contribution in [0.3, 0.4) is 0 Å². The highest BCUT2D eigenvalue weighted by molar-refractivity contribution is 7.99. The Morgan fingerprint density at radius 1 is 1.32 bits per heavy atom. The van der Waals surface area contributed by atoms with Crippen LogP contribution >= 0.6 is 34.7 Å². The van der Waals surface area contributed by atoms with E-state index in [0.717, 1.165) is 34.9 Å². The standard InChI is InChI=1S/C11H11ClN4OS2/c12-8-2-1-7-9(14-8)19-10(13-7)15-11(17)16-3-5-18-6-4-16/h1-2H,3-6H2,(H,13,15,17). The van der Waals surface area contributed by atoms with E-state index >= 15 is 0 Å². The minimum absolute atomic E-state index is 0.0922. The summed E-state index contributed by atoms with van der Waals surface area (Å²) in [4.78, 5) is 23.1. The highest BCUT2D eigenvalue weighted by Crippen LogP contribution is 2.25. The number of nitrogens with one attached hydrogen (secondary N) is 1. The first-order chi connectivity index (χ1) is 9.22. The van der Waals surface area contributed by atoms with Crippen molar-refractivity contribution < 1.29 is 4.79 Å². The maximum atomic E-state index is 12.0. The molecule has 2 aromatic heterocycles. The van der Waals surface area contributed by atoms with Crippen LogP contribution < -0.4 is 5.32 Å². The van der Waals surface area contributed by atoms with Crippen LogP contribution in [0.2, 0.25) is 5.15 Å². The van der Waals surface area contributed by atoms with E-state index in [1.807, 2.05) is 16.7 Å². The van der Waals surface area contributed by atoms with Crippen molar-refractivity contribution in [3.63, 3.8) is 0 Å². The lowest BCUT2D eigenvalue weighted by Crippen LogP contribution is -2.40. The molecule has 0 spiro atoms. The average molecular weight is 315 g/mol. The molecule has 1 aliphatic rings. The number of hydrogen-bond acceptors (Lipinski definition) is 5. The second-order valence-electron chi connectivity index (χ2n) is 4.01. The molecule has 0 saturated carbocycles. The normalized spacial score (nSPS) is 15.7. The molecule has 1 aliphatic heterocycles. The van der Waals surface area contributed by atoms with Crippen LogP contribution in [-0.4, -0.2) is 45.5 Å². The Hall–Kier alpha value is -1.05. The number of amides is 2. The molecule has 19 heavy (non-hydrogen) atoms. The first kappa shape index (κ1) is 13.0. The SMILES string of the molecule is O=C(Nc1nc2ccc(Cl)nc2s1)N1CCSCC1. The van der Waals surface area contributed by atoms with Crippen LogP contribution in [0.1, 0.15) is 0 Å². The summed E-state index contributed by atoms with van der Waals surface area (Å²) in [5.74, 6) is 1.98. The summed E-state index contributed by atoms with van der Waals surface area (Å²) in [5, 5.41) is 3.82. The summed E-state index contributed by atoms with van der Waals surface area (Å²) in [5.41, 5.74) is 0.749. The Morgan fingerprint density at radius 2 is 2.11 bits per heavy atom. The van der Waals surface area contributed by atoms with Crippen molar-refractivity contribution in [3.8, 4) is 0 Å². The van der Waals surface area contributed by atoms with E-state index in [0.29, 0.717) is 10.3 Å². The number of thioether (sulfide) groups is 1. The minimum atomic E-state index is -0.0922. The van der Waals surface area contributed by atoms with E-state index in [9.17, 15) is 4.79 Å². The molecule has 8 heteroatoms. The zero-order valence-electron chi connectivity index (χ0n) is 9.93. The number of nitrogens with zero attached hydrogens (tertiary/aromatic N) is 3. The third-order valence-corrected chi connectivity index (χ3v) is 4.77. The van der Waals surface area contributed by atoms with Gasteiger partial charge in [0, 0.05) is 24.6 Å². The molecule has 0 aliphatic carbocycles. The molecule has 0 aromatic carbocycles. The van der Waals surface area contributed by atoms with Crippen molar-refractivity contribution in [2.45, 2.75) is 0 Å². The summed E-state index contributed by atoms with van der Waals surface area (Å²) in [6.07, 6.45) is 0. The maximum absolute atomic E-state index is 12.0. The van der Waals surface area contributed by atoms with Gasteiger partial charge < -0.3 is 4.90 Å². The van der Waals surface area contributed by atoms with Gasteiger partial charge in [0.1, 0.15) is 15.5 Å². The lowest BCUT2D eigenvalue weighted by Gasteiger charge is -2.25. The lowest BCUT2D eigenvalue weighted by molar-refractivity contribution is 0.217. The smallest absolute Gasteiger partial charge is 0.323 e. The fourth-order valence-electron chi connectivity index (χ4n) is 1.78. The number of fused-ring (bicyclic) bond motifs is 1. The molecule has 0 atom stereocenters. The van der Waals surface area contributed by atoms with E-state index in [4.69, 9.17) is 11.6 Å². The van der Waals surface area contributed by atoms with Gasteiger partial charge >= 0.3 is 6.03 Å². The second-order valence-corrected chi connectivity index (χ2v) is 6.60. The Morgan fingerprint density at radius 3 is 2.89 bits per heavy atom. The van der Waals surface area contributed by atoms with E-state index in [2.05, 4.69) is 15.3 Å². The number of hydrogen-bond donors (Lipinski definition) is 1. The first-order valence-electron chi connectivity index (χ1n) is 5.79. The van der Waals surface area contributed by atoms with Gasteiger partial charge in [0.15, 0.2) is 5.13 Å². The number of rotatable bonds is 1. The molecule has 0 bridgehead atoms. The average Bonchev–Trinajstić information content (AvgIpc) is 2.81. The topological polar surface area (TPSA) is 58.1 Å². The van der Waals surface area contributed by atoms with Crippen LogP contribution in [0, 0.1) is 0 Å². The van der Waals surface area contributed by atoms with E-state index in [-0.39, 0.29) is 6.03 Å². The summed E-state index contributed by atoms with van der Waals surface area (Å²) in [7, 11) is 0. The molecule has 2 aromatic rings. The molecule has 3 heterocycles. The summed E-state index contributed by atoms with van der Waals surface area (Å²) in [6.45, 7) is 1.57. The van der Waals surface area contributed by atoms with Crippen molar-refractivity contribution in [1.29, 1.82) is 0 Å². The quantitative estimate of drug-likeness (QED) is 0.822. The first-order valence-corrected chi connectivity index (χ1v) is 8.14. The van der Waals surface area contributed by atoms with Crippen molar-refractivity contribution in [2.24, 2.45) is 0 Å². The molecule has 5 nitrogen and oxygen atoms in total.